The molecule has 0 aliphatic heterocycles. The first-order valence-corrected chi connectivity index (χ1v) is 7.96. The highest BCUT2D eigenvalue weighted by Gasteiger charge is 2.13. The summed E-state index contributed by atoms with van der Waals surface area (Å²) in [6.07, 6.45) is 6.73. The van der Waals surface area contributed by atoms with Crippen molar-refractivity contribution in [3.63, 3.8) is 0 Å². The Bertz CT molecular complexity index is 609. The summed E-state index contributed by atoms with van der Waals surface area (Å²) in [6.45, 7) is 4.42. The topological polar surface area (TPSA) is 70.2 Å². The van der Waals surface area contributed by atoms with Crippen LogP contribution in [-0.4, -0.2) is 25.0 Å². The number of anilines is 1. The molecule has 0 heterocycles. The zero-order valence-electron chi connectivity index (χ0n) is 13.5. The fourth-order valence-corrected chi connectivity index (χ4v) is 2.44. The largest absolute Gasteiger partial charge is 0.345 e. The first-order chi connectivity index (χ1) is 11.0. The molecule has 0 radical (unpaired) electrons. The first-order valence-electron chi connectivity index (χ1n) is 7.58. The number of carbonyl (C=O) groups is 2. The van der Waals surface area contributed by atoms with E-state index < -0.39 is 0 Å². The van der Waals surface area contributed by atoms with Crippen molar-refractivity contribution in [3.05, 3.63) is 28.3 Å². The molecule has 0 saturated heterocycles. The Kier molecular flexibility index (Phi) is 8.00. The monoisotopic (exact) mass is 335 g/mol. The van der Waals surface area contributed by atoms with Crippen LogP contribution in [0, 0.1) is 12.3 Å². The van der Waals surface area contributed by atoms with E-state index in [1.165, 1.54) is 0 Å². The van der Waals surface area contributed by atoms with Gasteiger partial charge in [0, 0.05) is 18.0 Å². The minimum absolute atomic E-state index is 0.173. The number of urea groups is 1. The van der Waals surface area contributed by atoms with E-state index in [9.17, 15) is 9.59 Å². The number of benzene rings is 1. The van der Waals surface area contributed by atoms with Crippen LogP contribution in [0.1, 0.15) is 31.4 Å². The molecule has 0 spiro atoms. The van der Waals surface area contributed by atoms with Gasteiger partial charge in [-0.3, -0.25) is 4.79 Å². The molecular formula is C17H22ClN3O2. The van der Waals surface area contributed by atoms with Crippen molar-refractivity contribution in [2.45, 2.75) is 33.1 Å². The van der Waals surface area contributed by atoms with Crippen LogP contribution in [0.15, 0.2) is 12.1 Å². The zero-order chi connectivity index (χ0) is 17.2. The van der Waals surface area contributed by atoms with Gasteiger partial charge in [-0.05, 0) is 30.0 Å². The third-order valence-electron chi connectivity index (χ3n) is 3.34. The molecule has 0 bridgehead atoms. The SMILES string of the molecule is C#CCNC(=O)CCNC(=O)Nc1c(CC)ccc(Cl)c1CC. The molecule has 5 nitrogen and oxygen atoms in total. The minimum Gasteiger partial charge on any atom is -0.345 e. The summed E-state index contributed by atoms with van der Waals surface area (Å²) in [5.74, 6) is 2.12. The molecule has 124 valence electrons. The van der Waals surface area contributed by atoms with E-state index in [4.69, 9.17) is 18.0 Å². The molecule has 0 saturated carbocycles. The lowest BCUT2D eigenvalue weighted by molar-refractivity contribution is -0.120. The number of carbonyl (C=O) groups excluding carboxylic acids is 2. The van der Waals surface area contributed by atoms with Gasteiger partial charge in [-0.1, -0.05) is 37.4 Å². The molecule has 0 unspecified atom stereocenters. The van der Waals surface area contributed by atoms with Crippen molar-refractivity contribution in [1.82, 2.24) is 10.6 Å². The van der Waals surface area contributed by atoms with Gasteiger partial charge in [0.05, 0.1) is 12.2 Å². The summed E-state index contributed by atoms with van der Waals surface area (Å²) in [6, 6.07) is 3.39. The number of terminal acetylenes is 1. The van der Waals surface area contributed by atoms with Gasteiger partial charge < -0.3 is 16.0 Å². The quantitative estimate of drug-likeness (QED) is 0.670. The third kappa shape index (κ3) is 5.84. The van der Waals surface area contributed by atoms with Crippen LogP contribution >= 0.6 is 11.6 Å². The Balaban J connectivity index is 2.62. The molecular weight excluding hydrogens is 314 g/mol. The number of aryl methyl sites for hydroxylation is 1. The third-order valence-corrected chi connectivity index (χ3v) is 3.69. The van der Waals surface area contributed by atoms with E-state index in [0.717, 1.165) is 29.7 Å². The highest BCUT2D eigenvalue weighted by Crippen LogP contribution is 2.29. The van der Waals surface area contributed by atoms with E-state index in [2.05, 4.69) is 21.9 Å². The van der Waals surface area contributed by atoms with Gasteiger partial charge in [0.1, 0.15) is 0 Å². The van der Waals surface area contributed by atoms with Gasteiger partial charge in [0.25, 0.3) is 0 Å². The second-order valence-corrected chi connectivity index (χ2v) is 5.29. The molecule has 0 aromatic heterocycles. The van der Waals surface area contributed by atoms with Crippen molar-refractivity contribution >= 4 is 29.2 Å². The number of hydrogen-bond acceptors (Lipinski definition) is 2. The zero-order valence-corrected chi connectivity index (χ0v) is 14.2. The molecule has 6 heteroatoms. The van der Waals surface area contributed by atoms with Crippen molar-refractivity contribution < 1.29 is 9.59 Å². The van der Waals surface area contributed by atoms with Gasteiger partial charge in [-0.25, -0.2) is 4.79 Å². The number of halogens is 1. The lowest BCUT2D eigenvalue weighted by Crippen LogP contribution is -2.33. The Morgan fingerprint density at radius 3 is 2.57 bits per heavy atom. The maximum atomic E-state index is 12.0. The van der Waals surface area contributed by atoms with E-state index >= 15 is 0 Å². The minimum atomic E-state index is -0.360. The van der Waals surface area contributed by atoms with Gasteiger partial charge in [-0.15, -0.1) is 6.42 Å². The fourth-order valence-electron chi connectivity index (χ4n) is 2.15. The summed E-state index contributed by atoms with van der Waals surface area (Å²) in [7, 11) is 0. The number of amides is 3. The lowest BCUT2D eigenvalue weighted by Gasteiger charge is -2.16. The second kappa shape index (κ2) is 9.75. The molecule has 0 aliphatic rings. The van der Waals surface area contributed by atoms with Crippen LogP contribution in [0.3, 0.4) is 0 Å². The first kappa shape index (κ1) is 18.9. The highest BCUT2D eigenvalue weighted by molar-refractivity contribution is 6.31. The Hall–Kier alpha value is -2.19. The van der Waals surface area contributed by atoms with E-state index in [0.29, 0.717) is 5.02 Å². The van der Waals surface area contributed by atoms with Gasteiger partial charge in [0.15, 0.2) is 0 Å². The van der Waals surface area contributed by atoms with Crippen LogP contribution < -0.4 is 16.0 Å². The normalized spacial score (nSPS) is 9.83. The Labute approximate surface area is 142 Å². The molecule has 0 aliphatic carbocycles. The molecule has 1 rings (SSSR count). The number of nitrogens with one attached hydrogen (secondary N) is 3. The van der Waals surface area contributed by atoms with Crippen molar-refractivity contribution in [3.8, 4) is 12.3 Å². The van der Waals surface area contributed by atoms with Gasteiger partial charge in [-0.2, -0.15) is 0 Å². The standard InChI is InChI=1S/C17H22ClN3O2/c1-4-10-19-15(22)9-11-20-17(23)21-16-12(5-2)7-8-14(18)13(16)6-3/h1,7-8H,5-6,9-11H2,2-3H3,(H,19,22)(H2,20,21,23). The van der Waals surface area contributed by atoms with Crippen LogP contribution in [0.5, 0.6) is 0 Å². The molecule has 3 amide bonds. The molecule has 3 N–H and O–H groups in total. The van der Waals surface area contributed by atoms with E-state index in [1.54, 1.807) is 0 Å². The summed E-state index contributed by atoms with van der Waals surface area (Å²) in [4.78, 5) is 23.4. The van der Waals surface area contributed by atoms with Crippen LogP contribution in [0.25, 0.3) is 0 Å². The van der Waals surface area contributed by atoms with E-state index in [1.807, 2.05) is 26.0 Å². The van der Waals surface area contributed by atoms with Crippen molar-refractivity contribution in [2.24, 2.45) is 0 Å². The maximum Gasteiger partial charge on any atom is 0.319 e. The van der Waals surface area contributed by atoms with Crippen molar-refractivity contribution in [1.29, 1.82) is 0 Å². The van der Waals surface area contributed by atoms with Crippen LogP contribution in [-0.2, 0) is 17.6 Å². The van der Waals surface area contributed by atoms with Gasteiger partial charge in [0.2, 0.25) is 5.91 Å². The highest BCUT2D eigenvalue weighted by atomic mass is 35.5. The smallest absolute Gasteiger partial charge is 0.319 e. The molecule has 1 aromatic carbocycles. The molecule has 1 aromatic rings. The summed E-state index contributed by atoms with van der Waals surface area (Å²) in [5, 5.41) is 8.66. The van der Waals surface area contributed by atoms with E-state index in [-0.39, 0.29) is 31.4 Å². The van der Waals surface area contributed by atoms with Gasteiger partial charge >= 0.3 is 6.03 Å². The number of rotatable bonds is 7. The second-order valence-electron chi connectivity index (χ2n) is 4.88. The Morgan fingerprint density at radius 1 is 1.22 bits per heavy atom. The summed E-state index contributed by atoms with van der Waals surface area (Å²) < 4.78 is 0. The lowest BCUT2D eigenvalue weighted by atomic mass is 10.0. The predicted octanol–water partition coefficient (Wildman–Crippen LogP) is 2.73. The predicted molar refractivity (Wildman–Crippen MR) is 93.7 cm³/mol. The van der Waals surface area contributed by atoms with Crippen molar-refractivity contribution in [2.75, 3.05) is 18.4 Å². The van der Waals surface area contributed by atoms with Crippen LogP contribution in [0.2, 0.25) is 5.02 Å². The number of hydrogen-bond donors (Lipinski definition) is 3. The van der Waals surface area contributed by atoms with Crippen LogP contribution in [0.4, 0.5) is 10.5 Å². The molecule has 0 fully saturated rings. The molecule has 0 atom stereocenters. The maximum absolute atomic E-state index is 12.0. The molecule has 23 heavy (non-hydrogen) atoms. The average Bonchev–Trinajstić information content (AvgIpc) is 2.53. The summed E-state index contributed by atoms with van der Waals surface area (Å²) >= 11 is 6.20. The summed E-state index contributed by atoms with van der Waals surface area (Å²) in [5.41, 5.74) is 2.68. The fraction of sp³-hybridized carbons (Fsp3) is 0.412. The average molecular weight is 336 g/mol. The Morgan fingerprint density at radius 2 is 1.96 bits per heavy atom.